The van der Waals surface area contributed by atoms with Crippen LogP contribution in [0, 0.1) is 0 Å². The minimum Gasteiger partial charge on any atom is -1.00 e. The molecule has 0 aliphatic carbocycles. The van der Waals surface area contributed by atoms with Gasteiger partial charge in [0.15, 0.2) is 0 Å². The summed E-state index contributed by atoms with van der Waals surface area (Å²) >= 11 is 3.51. The molecule has 98 valence electrons. The summed E-state index contributed by atoms with van der Waals surface area (Å²) in [6.45, 7) is 10.2. The third-order valence-electron chi connectivity index (χ3n) is 2.61. The lowest BCUT2D eigenvalue weighted by Gasteiger charge is -2.20. The van der Waals surface area contributed by atoms with E-state index in [0.717, 1.165) is 29.9 Å². The van der Waals surface area contributed by atoms with Crippen LogP contribution in [0.15, 0.2) is 22.7 Å². The molecule has 2 nitrogen and oxygen atoms in total. The first-order valence-corrected chi connectivity index (χ1v) is 6.64. The van der Waals surface area contributed by atoms with Gasteiger partial charge in [-0.15, -0.1) is 0 Å². The van der Waals surface area contributed by atoms with Gasteiger partial charge in [0.05, 0.1) is 6.61 Å². The predicted octanol–water partition coefficient (Wildman–Crippen LogP) is 0.694. The van der Waals surface area contributed by atoms with Gasteiger partial charge in [0, 0.05) is 16.6 Å². The highest BCUT2D eigenvalue weighted by Gasteiger charge is 2.07. The van der Waals surface area contributed by atoms with E-state index in [1.165, 1.54) is 5.56 Å². The Kier molecular flexibility index (Phi) is 8.66. The smallest absolute Gasteiger partial charge is 0.123 e. The average Bonchev–Trinajstić information content (AvgIpc) is 2.29. The number of halogens is 2. The molecule has 0 radical (unpaired) electrons. The first-order chi connectivity index (χ1) is 7.71. The monoisotopic (exact) mass is 320 g/mol. The van der Waals surface area contributed by atoms with Gasteiger partial charge in [0.2, 0.25) is 0 Å². The Morgan fingerprint density at radius 2 is 1.82 bits per heavy atom. The summed E-state index contributed by atoms with van der Waals surface area (Å²) in [5.41, 5.74) is 1.25. The summed E-state index contributed by atoms with van der Waals surface area (Å²) in [7, 11) is 0. The third-order valence-corrected chi connectivity index (χ3v) is 3.10. The first kappa shape index (κ1) is 16.8. The van der Waals surface area contributed by atoms with E-state index in [4.69, 9.17) is 4.74 Å². The fraction of sp³-hybridized carbons (Fsp3) is 0.538. The van der Waals surface area contributed by atoms with Crippen molar-refractivity contribution in [2.75, 3.05) is 19.7 Å². The van der Waals surface area contributed by atoms with Crippen LogP contribution >= 0.6 is 15.9 Å². The summed E-state index contributed by atoms with van der Waals surface area (Å²) < 4.78 is 6.74. The predicted molar refractivity (Wildman–Crippen MR) is 71.9 cm³/mol. The van der Waals surface area contributed by atoms with Crippen molar-refractivity contribution in [2.24, 2.45) is 0 Å². The lowest BCUT2D eigenvalue weighted by Crippen LogP contribution is -3.00. The van der Waals surface area contributed by atoms with E-state index in [1.807, 2.05) is 19.1 Å². The zero-order valence-electron chi connectivity index (χ0n) is 10.7. The maximum absolute atomic E-state index is 5.63. The molecular weight excluding hydrogens is 302 g/mol. The second-order valence-corrected chi connectivity index (χ2v) is 4.56. The van der Waals surface area contributed by atoms with Crippen molar-refractivity contribution in [3.05, 3.63) is 28.2 Å². The lowest BCUT2D eigenvalue weighted by atomic mass is 10.2. The molecule has 0 aliphatic heterocycles. The van der Waals surface area contributed by atoms with E-state index in [0.29, 0.717) is 6.61 Å². The van der Waals surface area contributed by atoms with Gasteiger partial charge in [-0.3, -0.25) is 4.90 Å². The summed E-state index contributed by atoms with van der Waals surface area (Å²) in [5, 5.41) is 0. The number of benzene rings is 1. The molecule has 0 saturated heterocycles. The minimum absolute atomic E-state index is 0. The Bertz CT molecular complexity index is 329. The fourth-order valence-electron chi connectivity index (χ4n) is 1.66. The molecule has 1 rings (SSSR count). The van der Waals surface area contributed by atoms with Crippen molar-refractivity contribution in [3.8, 4) is 5.75 Å². The van der Waals surface area contributed by atoms with Crippen molar-refractivity contribution in [2.45, 2.75) is 27.3 Å². The Morgan fingerprint density at radius 3 is 2.35 bits per heavy atom. The van der Waals surface area contributed by atoms with Crippen LogP contribution < -0.4 is 17.1 Å². The molecule has 0 bridgehead atoms. The largest absolute Gasteiger partial charge is 1.00 e. The van der Waals surface area contributed by atoms with E-state index in [1.54, 1.807) is 0 Å². The number of ether oxygens (including phenoxy) is 1. The molecule has 0 fully saturated rings. The molecule has 0 unspecified atom stereocenters. The Labute approximate surface area is 119 Å². The molecular formula is C13H20BrClNO-. The Morgan fingerprint density at radius 1 is 1.18 bits per heavy atom. The van der Waals surface area contributed by atoms with Gasteiger partial charge in [-0.05, 0) is 38.2 Å². The van der Waals surface area contributed by atoms with Crippen molar-refractivity contribution in [3.63, 3.8) is 0 Å². The highest BCUT2D eigenvalue weighted by molar-refractivity contribution is 9.10. The standard InChI is InChI=1S/C13H20BrNO.ClH/c1-4-15(5-2)10-11-9-12(14)7-8-13(11)16-6-3;/h7-9H,4-6,10H2,1-3H3;1H/p-1. The number of nitrogens with zero attached hydrogens (tertiary/aromatic N) is 1. The lowest BCUT2D eigenvalue weighted by molar-refractivity contribution is -0.00000389. The van der Waals surface area contributed by atoms with Gasteiger partial charge < -0.3 is 17.1 Å². The summed E-state index contributed by atoms with van der Waals surface area (Å²) in [5.74, 6) is 0.998. The van der Waals surface area contributed by atoms with Gasteiger partial charge in [-0.1, -0.05) is 29.8 Å². The van der Waals surface area contributed by atoms with Gasteiger partial charge in [0.25, 0.3) is 0 Å². The molecule has 17 heavy (non-hydrogen) atoms. The van der Waals surface area contributed by atoms with Crippen molar-refractivity contribution in [1.82, 2.24) is 4.90 Å². The quantitative estimate of drug-likeness (QED) is 0.764. The number of rotatable bonds is 6. The second kappa shape index (κ2) is 8.78. The van der Waals surface area contributed by atoms with Crippen molar-refractivity contribution in [1.29, 1.82) is 0 Å². The van der Waals surface area contributed by atoms with E-state index < -0.39 is 0 Å². The van der Waals surface area contributed by atoms with Crippen LogP contribution in [0.2, 0.25) is 0 Å². The highest BCUT2D eigenvalue weighted by Crippen LogP contribution is 2.24. The normalized spacial score (nSPS) is 10.2. The van der Waals surface area contributed by atoms with Crippen LogP contribution in [0.3, 0.4) is 0 Å². The van der Waals surface area contributed by atoms with Crippen molar-refractivity contribution < 1.29 is 17.1 Å². The van der Waals surface area contributed by atoms with E-state index in [-0.39, 0.29) is 12.4 Å². The molecule has 0 heterocycles. The number of hydrogen-bond donors (Lipinski definition) is 0. The molecule has 0 atom stereocenters. The maximum atomic E-state index is 5.63. The molecule has 0 aliphatic rings. The SMILES string of the molecule is CCOc1ccc(Br)cc1CN(CC)CC.[Cl-]. The van der Waals surface area contributed by atoms with Gasteiger partial charge in [0.1, 0.15) is 5.75 Å². The van der Waals surface area contributed by atoms with Gasteiger partial charge >= 0.3 is 0 Å². The Hall–Kier alpha value is -0.250. The first-order valence-electron chi connectivity index (χ1n) is 5.84. The molecule has 4 heteroatoms. The molecule has 0 saturated carbocycles. The molecule has 1 aromatic rings. The Balaban J connectivity index is 0.00000256. The summed E-state index contributed by atoms with van der Waals surface area (Å²) in [6.07, 6.45) is 0. The maximum Gasteiger partial charge on any atom is 0.123 e. The molecule has 1 aromatic carbocycles. The van der Waals surface area contributed by atoms with Crippen molar-refractivity contribution >= 4 is 15.9 Å². The average molecular weight is 322 g/mol. The van der Waals surface area contributed by atoms with Gasteiger partial charge in [-0.2, -0.15) is 0 Å². The van der Waals surface area contributed by atoms with Crippen LogP contribution in [0.5, 0.6) is 5.75 Å². The second-order valence-electron chi connectivity index (χ2n) is 3.65. The number of hydrogen-bond acceptors (Lipinski definition) is 2. The van der Waals surface area contributed by atoms with E-state index >= 15 is 0 Å². The minimum atomic E-state index is 0. The topological polar surface area (TPSA) is 12.5 Å². The zero-order valence-corrected chi connectivity index (χ0v) is 13.0. The molecule has 0 aromatic heterocycles. The van der Waals surface area contributed by atoms with Crippen LogP contribution in [0.4, 0.5) is 0 Å². The molecule has 0 spiro atoms. The third kappa shape index (κ3) is 5.28. The molecule has 0 N–H and O–H groups in total. The van der Waals surface area contributed by atoms with E-state index in [9.17, 15) is 0 Å². The van der Waals surface area contributed by atoms with Crippen LogP contribution in [-0.2, 0) is 6.54 Å². The van der Waals surface area contributed by atoms with Crippen LogP contribution in [-0.4, -0.2) is 24.6 Å². The fourth-order valence-corrected chi connectivity index (χ4v) is 2.06. The van der Waals surface area contributed by atoms with Crippen LogP contribution in [0.25, 0.3) is 0 Å². The van der Waals surface area contributed by atoms with Gasteiger partial charge in [-0.25, -0.2) is 0 Å². The summed E-state index contributed by atoms with van der Waals surface area (Å²) in [6, 6.07) is 6.20. The van der Waals surface area contributed by atoms with Crippen LogP contribution in [0.1, 0.15) is 26.3 Å². The van der Waals surface area contributed by atoms with E-state index in [2.05, 4.69) is 40.7 Å². The highest BCUT2D eigenvalue weighted by atomic mass is 79.9. The molecule has 0 amide bonds. The zero-order chi connectivity index (χ0) is 12.0. The summed E-state index contributed by atoms with van der Waals surface area (Å²) in [4.78, 5) is 2.38.